The number of benzene rings is 2. The molecule has 0 bridgehead atoms. The number of amides is 2. The smallest absolute Gasteiger partial charge is 0.261 e. The number of aryl methyl sites for hydroxylation is 1. The molecule has 0 heterocycles. The van der Waals surface area contributed by atoms with Gasteiger partial charge >= 0.3 is 0 Å². The third kappa shape index (κ3) is 6.09. The molecule has 0 aliphatic heterocycles. The van der Waals surface area contributed by atoms with Gasteiger partial charge in [0.05, 0.1) is 0 Å². The second-order valence-corrected chi connectivity index (χ2v) is 7.42. The van der Waals surface area contributed by atoms with Gasteiger partial charge in [-0.15, -0.1) is 0 Å². The van der Waals surface area contributed by atoms with Crippen molar-refractivity contribution in [2.75, 3.05) is 20.2 Å². The van der Waals surface area contributed by atoms with Crippen molar-refractivity contribution in [1.29, 1.82) is 0 Å². The van der Waals surface area contributed by atoms with Crippen molar-refractivity contribution in [3.8, 4) is 5.75 Å². The Balaban J connectivity index is 2.10. The van der Waals surface area contributed by atoms with E-state index in [9.17, 15) is 9.59 Å². The molecule has 2 aromatic rings. The lowest BCUT2D eigenvalue weighted by molar-refractivity contribution is -0.142. The number of carbonyl (C=O) groups excluding carboxylic acids is 2. The van der Waals surface area contributed by atoms with E-state index in [0.717, 1.165) is 15.6 Å². The zero-order chi connectivity index (χ0) is 20.5. The molecule has 0 fully saturated rings. The maximum absolute atomic E-state index is 12.9. The zero-order valence-corrected chi connectivity index (χ0v) is 18.2. The van der Waals surface area contributed by atoms with Gasteiger partial charge in [-0.1, -0.05) is 53.2 Å². The SMILES string of the molecule is CC[C@H](C(=O)NC)N(CCc1ccccc1)C(=O)COc1ccc(Br)c(C)c1. The van der Waals surface area contributed by atoms with Gasteiger partial charge in [-0.2, -0.15) is 0 Å². The molecule has 1 N–H and O–H groups in total. The second kappa shape index (κ2) is 10.9. The summed E-state index contributed by atoms with van der Waals surface area (Å²) in [6.45, 7) is 4.21. The molecule has 0 aliphatic rings. The predicted octanol–water partition coefficient (Wildman–Crippen LogP) is 3.73. The van der Waals surface area contributed by atoms with E-state index in [-0.39, 0.29) is 18.4 Å². The molecular weight excluding hydrogens is 420 g/mol. The Labute approximate surface area is 175 Å². The molecule has 6 heteroatoms. The number of nitrogens with one attached hydrogen (secondary N) is 1. The largest absolute Gasteiger partial charge is 0.484 e. The molecule has 1 atom stereocenters. The summed E-state index contributed by atoms with van der Waals surface area (Å²) in [4.78, 5) is 26.9. The van der Waals surface area contributed by atoms with Crippen LogP contribution in [0.5, 0.6) is 5.75 Å². The van der Waals surface area contributed by atoms with Crippen LogP contribution in [0.2, 0.25) is 0 Å². The molecular formula is C22H27BrN2O3. The van der Waals surface area contributed by atoms with Crippen LogP contribution in [-0.2, 0) is 16.0 Å². The molecule has 0 saturated carbocycles. The van der Waals surface area contributed by atoms with Gasteiger partial charge in [-0.05, 0) is 49.1 Å². The van der Waals surface area contributed by atoms with Crippen LogP contribution in [-0.4, -0.2) is 43.0 Å². The fraction of sp³-hybridized carbons (Fsp3) is 0.364. The highest BCUT2D eigenvalue weighted by Crippen LogP contribution is 2.21. The quantitative estimate of drug-likeness (QED) is 0.638. The summed E-state index contributed by atoms with van der Waals surface area (Å²) >= 11 is 3.45. The Morgan fingerprint density at radius 3 is 2.50 bits per heavy atom. The van der Waals surface area contributed by atoms with Crippen LogP contribution in [0.15, 0.2) is 53.0 Å². The number of nitrogens with zero attached hydrogens (tertiary/aromatic N) is 1. The lowest BCUT2D eigenvalue weighted by atomic mass is 10.1. The number of likely N-dealkylation sites (N-methyl/N-ethyl adjacent to an activating group) is 1. The highest BCUT2D eigenvalue weighted by Gasteiger charge is 2.27. The minimum atomic E-state index is -0.517. The third-order valence-electron chi connectivity index (χ3n) is 4.61. The molecule has 0 unspecified atom stereocenters. The van der Waals surface area contributed by atoms with Crippen LogP contribution in [0.3, 0.4) is 0 Å². The molecule has 0 saturated heterocycles. The molecule has 0 aliphatic carbocycles. The average molecular weight is 447 g/mol. The first-order valence-electron chi connectivity index (χ1n) is 9.40. The van der Waals surface area contributed by atoms with Gasteiger partial charge in [0, 0.05) is 18.1 Å². The number of halogens is 1. The van der Waals surface area contributed by atoms with Crippen LogP contribution in [0.1, 0.15) is 24.5 Å². The molecule has 5 nitrogen and oxygen atoms in total. The van der Waals surface area contributed by atoms with Gasteiger partial charge in [-0.3, -0.25) is 9.59 Å². The van der Waals surface area contributed by atoms with Crippen molar-refractivity contribution in [2.45, 2.75) is 32.7 Å². The maximum Gasteiger partial charge on any atom is 0.261 e. The molecule has 2 aromatic carbocycles. The minimum Gasteiger partial charge on any atom is -0.484 e. The molecule has 0 spiro atoms. The average Bonchev–Trinajstić information content (AvgIpc) is 2.72. The second-order valence-electron chi connectivity index (χ2n) is 6.56. The van der Waals surface area contributed by atoms with Crippen molar-refractivity contribution in [3.63, 3.8) is 0 Å². The topological polar surface area (TPSA) is 58.6 Å². The van der Waals surface area contributed by atoms with Gasteiger partial charge in [-0.25, -0.2) is 0 Å². The maximum atomic E-state index is 12.9. The van der Waals surface area contributed by atoms with Crippen LogP contribution >= 0.6 is 15.9 Å². The number of hydrogen-bond donors (Lipinski definition) is 1. The first-order valence-corrected chi connectivity index (χ1v) is 10.2. The molecule has 0 aromatic heterocycles. The Morgan fingerprint density at radius 1 is 1.18 bits per heavy atom. The fourth-order valence-corrected chi connectivity index (χ4v) is 3.24. The third-order valence-corrected chi connectivity index (χ3v) is 5.50. The Kier molecular flexibility index (Phi) is 8.51. The van der Waals surface area contributed by atoms with Crippen LogP contribution < -0.4 is 10.1 Å². The van der Waals surface area contributed by atoms with Crippen LogP contribution in [0.4, 0.5) is 0 Å². The number of ether oxygens (including phenoxy) is 1. The molecule has 28 heavy (non-hydrogen) atoms. The minimum absolute atomic E-state index is 0.108. The van der Waals surface area contributed by atoms with E-state index in [1.54, 1.807) is 11.9 Å². The highest BCUT2D eigenvalue weighted by atomic mass is 79.9. The first-order chi connectivity index (χ1) is 13.5. The Hall–Kier alpha value is -2.34. The van der Waals surface area contributed by atoms with Gasteiger partial charge in [0.1, 0.15) is 11.8 Å². The van der Waals surface area contributed by atoms with Gasteiger partial charge in [0.15, 0.2) is 6.61 Å². The molecule has 2 amide bonds. The van der Waals surface area contributed by atoms with E-state index >= 15 is 0 Å². The highest BCUT2D eigenvalue weighted by molar-refractivity contribution is 9.10. The van der Waals surface area contributed by atoms with E-state index in [1.165, 1.54) is 0 Å². The van der Waals surface area contributed by atoms with E-state index in [1.807, 2.05) is 62.4 Å². The lowest BCUT2D eigenvalue weighted by Gasteiger charge is -2.30. The summed E-state index contributed by atoms with van der Waals surface area (Å²) in [7, 11) is 1.59. The van der Waals surface area contributed by atoms with E-state index < -0.39 is 6.04 Å². The van der Waals surface area contributed by atoms with Crippen molar-refractivity contribution >= 4 is 27.7 Å². The molecule has 2 rings (SSSR count). The zero-order valence-electron chi connectivity index (χ0n) is 16.6. The summed E-state index contributed by atoms with van der Waals surface area (Å²) in [5.41, 5.74) is 2.15. The van der Waals surface area contributed by atoms with Gasteiger partial charge in [0.2, 0.25) is 5.91 Å². The monoisotopic (exact) mass is 446 g/mol. The first kappa shape index (κ1) is 22.0. The summed E-state index contributed by atoms with van der Waals surface area (Å²) in [6.07, 6.45) is 1.22. The van der Waals surface area contributed by atoms with Crippen LogP contribution in [0.25, 0.3) is 0 Å². The van der Waals surface area contributed by atoms with E-state index in [4.69, 9.17) is 4.74 Å². The standard InChI is InChI=1S/C22H27BrN2O3/c1-4-20(22(27)24-3)25(13-12-17-8-6-5-7-9-17)21(26)15-28-18-10-11-19(23)16(2)14-18/h5-11,14,20H,4,12-13,15H2,1-3H3,(H,24,27)/t20-/m1/s1. The Morgan fingerprint density at radius 2 is 1.89 bits per heavy atom. The van der Waals surface area contributed by atoms with Crippen molar-refractivity contribution in [2.24, 2.45) is 0 Å². The van der Waals surface area contributed by atoms with Crippen molar-refractivity contribution in [1.82, 2.24) is 10.2 Å². The van der Waals surface area contributed by atoms with Gasteiger partial charge in [0.25, 0.3) is 5.91 Å². The van der Waals surface area contributed by atoms with Gasteiger partial charge < -0.3 is 15.0 Å². The lowest BCUT2D eigenvalue weighted by Crippen LogP contribution is -2.50. The van der Waals surface area contributed by atoms with E-state index in [2.05, 4.69) is 21.2 Å². The molecule has 0 radical (unpaired) electrons. The summed E-state index contributed by atoms with van der Waals surface area (Å²) in [5, 5.41) is 2.66. The normalized spacial score (nSPS) is 11.6. The number of hydrogen-bond acceptors (Lipinski definition) is 3. The van der Waals surface area contributed by atoms with Crippen molar-refractivity contribution in [3.05, 3.63) is 64.1 Å². The van der Waals surface area contributed by atoms with Crippen molar-refractivity contribution < 1.29 is 14.3 Å². The Bertz CT molecular complexity index is 796. The number of rotatable bonds is 9. The number of carbonyl (C=O) groups is 2. The summed E-state index contributed by atoms with van der Waals surface area (Å²) in [6, 6.07) is 15.0. The van der Waals surface area contributed by atoms with E-state index in [0.29, 0.717) is 25.1 Å². The molecule has 150 valence electrons. The fourth-order valence-electron chi connectivity index (χ4n) is 3.00. The van der Waals surface area contributed by atoms with Crippen LogP contribution in [0, 0.1) is 6.92 Å². The summed E-state index contributed by atoms with van der Waals surface area (Å²) in [5.74, 6) is 0.264. The summed E-state index contributed by atoms with van der Waals surface area (Å²) < 4.78 is 6.69. The predicted molar refractivity (Wildman–Crippen MR) is 114 cm³/mol.